The second kappa shape index (κ2) is 13.0. The van der Waals surface area contributed by atoms with E-state index in [1.165, 1.54) is 26.4 Å². The molecule has 0 saturated carbocycles. The third-order valence-electron chi connectivity index (χ3n) is 5.31. The lowest BCUT2D eigenvalue weighted by Gasteiger charge is -2.09. The van der Waals surface area contributed by atoms with Gasteiger partial charge in [-0.05, 0) is 36.5 Å². The number of hydrogen-bond donors (Lipinski definition) is 0. The first kappa shape index (κ1) is 26.4. The van der Waals surface area contributed by atoms with Crippen LogP contribution in [0.4, 0.5) is 13.2 Å². The molecule has 0 amide bonds. The highest BCUT2D eigenvalue weighted by molar-refractivity contribution is 6.00. The normalized spacial score (nSPS) is 11.8. The van der Waals surface area contributed by atoms with Crippen molar-refractivity contribution in [3.05, 3.63) is 47.8 Å². The van der Waals surface area contributed by atoms with Crippen LogP contribution in [0.2, 0.25) is 0 Å². The van der Waals surface area contributed by atoms with Gasteiger partial charge in [-0.3, -0.25) is 9.59 Å². The van der Waals surface area contributed by atoms with Gasteiger partial charge in [0.05, 0.1) is 13.3 Å². The van der Waals surface area contributed by atoms with E-state index in [1.807, 2.05) is 12.2 Å². The molecular weight excluding hydrogens is 433 g/mol. The van der Waals surface area contributed by atoms with Crippen molar-refractivity contribution in [3.8, 4) is 11.1 Å². The molecule has 0 spiro atoms. The van der Waals surface area contributed by atoms with E-state index < -0.39 is 6.30 Å². The zero-order chi connectivity index (χ0) is 24.3. The van der Waals surface area contributed by atoms with E-state index in [4.69, 9.17) is 0 Å². The number of unbranched alkanes of at least 4 members (excludes halogenated alkanes) is 5. The number of esters is 1. The lowest BCUT2D eigenvalue weighted by atomic mass is 9.95. The molecule has 1 aromatic heterocycles. The van der Waals surface area contributed by atoms with E-state index in [0.29, 0.717) is 28.7 Å². The Morgan fingerprint density at radius 1 is 1.06 bits per heavy atom. The fraction of sp³-hybridized carbons (Fsp3) is 0.480. The van der Waals surface area contributed by atoms with Gasteiger partial charge in [0.15, 0.2) is 5.78 Å². The Morgan fingerprint density at radius 2 is 1.82 bits per heavy atom. The Bertz CT molecular complexity index is 949. The fourth-order valence-electron chi connectivity index (χ4n) is 3.45. The van der Waals surface area contributed by atoms with Crippen LogP contribution in [0.1, 0.15) is 80.6 Å². The Labute approximate surface area is 192 Å². The van der Waals surface area contributed by atoms with E-state index >= 15 is 0 Å². The molecule has 0 saturated heterocycles. The summed E-state index contributed by atoms with van der Waals surface area (Å²) in [7, 11) is 1.30. The van der Waals surface area contributed by atoms with E-state index in [2.05, 4.69) is 16.8 Å². The topological polar surface area (TPSA) is 61.2 Å². The van der Waals surface area contributed by atoms with Crippen molar-refractivity contribution in [2.75, 3.05) is 7.11 Å². The smallest absolute Gasteiger partial charge is 0.469 e. The third kappa shape index (κ3) is 8.51. The first-order chi connectivity index (χ1) is 15.8. The number of Topliss-reactive ketones (excluding diaryl/α,β-unsaturated/α-hetero) is 1. The van der Waals surface area contributed by atoms with Crippen molar-refractivity contribution in [2.45, 2.75) is 71.0 Å². The molecule has 180 valence electrons. The Morgan fingerprint density at radius 3 is 2.48 bits per heavy atom. The van der Waals surface area contributed by atoms with Crippen LogP contribution in [0.25, 0.3) is 17.2 Å². The van der Waals surface area contributed by atoms with Crippen LogP contribution in [0, 0.1) is 0 Å². The molecule has 0 aliphatic carbocycles. The average molecular weight is 465 g/mol. The molecule has 1 aromatic carbocycles. The number of halogens is 3. The summed E-state index contributed by atoms with van der Waals surface area (Å²) < 4.78 is 43.2. The summed E-state index contributed by atoms with van der Waals surface area (Å²) in [6.07, 6.45) is 8.64. The van der Waals surface area contributed by atoms with Crippen LogP contribution in [0.3, 0.4) is 0 Å². The minimum atomic E-state index is -4.59. The molecule has 0 aliphatic rings. The summed E-state index contributed by atoms with van der Waals surface area (Å²) in [6, 6.07) is 4.95. The van der Waals surface area contributed by atoms with Gasteiger partial charge in [0, 0.05) is 30.2 Å². The highest BCUT2D eigenvalue weighted by Crippen LogP contribution is 2.28. The zero-order valence-corrected chi connectivity index (χ0v) is 19.2. The molecule has 0 bridgehead atoms. The van der Waals surface area contributed by atoms with Crippen molar-refractivity contribution in [3.63, 3.8) is 0 Å². The molecule has 0 fully saturated rings. The highest BCUT2D eigenvalue weighted by atomic mass is 19.4. The van der Waals surface area contributed by atoms with Gasteiger partial charge in [-0.1, -0.05) is 56.9 Å². The van der Waals surface area contributed by atoms with Gasteiger partial charge in [-0.2, -0.15) is 9.78 Å². The average Bonchev–Trinajstić information content (AvgIpc) is 3.29. The summed E-state index contributed by atoms with van der Waals surface area (Å²) in [6.45, 7) is 2.16. The summed E-state index contributed by atoms with van der Waals surface area (Å²) in [5, 5.41) is 3.39. The van der Waals surface area contributed by atoms with Crippen molar-refractivity contribution in [1.82, 2.24) is 9.78 Å². The Kier molecular flexibility index (Phi) is 10.4. The number of nitrogens with zero attached hydrogens (tertiary/aromatic N) is 2. The maximum Gasteiger partial charge on any atom is 0.504 e. The molecule has 0 unspecified atom stereocenters. The van der Waals surface area contributed by atoms with Crippen LogP contribution < -0.4 is 0 Å². The number of carbonyl (C=O) groups is 2. The van der Waals surface area contributed by atoms with Gasteiger partial charge < -0.3 is 4.74 Å². The van der Waals surface area contributed by atoms with Crippen molar-refractivity contribution < 1.29 is 27.5 Å². The molecule has 0 radical (unpaired) electrons. The zero-order valence-electron chi connectivity index (χ0n) is 19.2. The van der Waals surface area contributed by atoms with E-state index in [-0.39, 0.29) is 29.3 Å². The molecule has 0 atom stereocenters. The number of alkyl halides is 3. The predicted molar refractivity (Wildman–Crippen MR) is 122 cm³/mol. The Hall–Kier alpha value is -2.90. The van der Waals surface area contributed by atoms with Gasteiger partial charge in [-0.15, -0.1) is 13.2 Å². The third-order valence-corrected chi connectivity index (χ3v) is 5.31. The first-order valence-electron chi connectivity index (χ1n) is 11.3. The lowest BCUT2D eigenvalue weighted by molar-refractivity contribution is -0.212. The monoisotopic (exact) mass is 464 g/mol. The first-order valence-corrected chi connectivity index (χ1v) is 11.3. The number of allylic oxidation sites excluding steroid dienone is 1. The number of hydrogen-bond acceptors (Lipinski definition) is 4. The van der Waals surface area contributed by atoms with E-state index in [9.17, 15) is 22.8 Å². The number of ketones is 1. The van der Waals surface area contributed by atoms with Crippen molar-refractivity contribution in [2.24, 2.45) is 0 Å². The minimum absolute atomic E-state index is 0.0416. The summed E-state index contributed by atoms with van der Waals surface area (Å²) in [5.41, 5.74) is 1.98. The molecule has 2 rings (SSSR count). The van der Waals surface area contributed by atoms with Crippen molar-refractivity contribution in [1.29, 1.82) is 0 Å². The SMILES string of the molecule is CCCCCCC/C=C/c1cc(-c2cnn(C(F)(F)F)c2)ccc1C(=O)CCCC(=O)OC. The number of methoxy groups -OCH3 is 1. The minimum Gasteiger partial charge on any atom is -0.469 e. The molecule has 1 heterocycles. The summed E-state index contributed by atoms with van der Waals surface area (Å²) >= 11 is 0. The van der Waals surface area contributed by atoms with Crippen LogP contribution in [0.15, 0.2) is 36.7 Å². The van der Waals surface area contributed by atoms with Gasteiger partial charge in [0.1, 0.15) is 0 Å². The van der Waals surface area contributed by atoms with Crippen LogP contribution in [-0.2, 0) is 15.8 Å². The quantitative estimate of drug-likeness (QED) is 0.183. The van der Waals surface area contributed by atoms with Crippen LogP contribution in [0.5, 0.6) is 0 Å². The molecule has 5 nitrogen and oxygen atoms in total. The van der Waals surface area contributed by atoms with Crippen molar-refractivity contribution >= 4 is 17.8 Å². The maximum atomic E-state index is 12.9. The van der Waals surface area contributed by atoms with Gasteiger partial charge >= 0.3 is 12.3 Å². The molecule has 0 N–H and O–H groups in total. The van der Waals surface area contributed by atoms with Gasteiger partial charge in [0.25, 0.3) is 0 Å². The van der Waals surface area contributed by atoms with Crippen LogP contribution >= 0.6 is 0 Å². The second-order valence-corrected chi connectivity index (χ2v) is 7.90. The molecule has 33 heavy (non-hydrogen) atoms. The molecular formula is C25H31F3N2O3. The number of rotatable bonds is 13. The second-order valence-electron chi connectivity index (χ2n) is 7.90. The Balaban J connectivity index is 2.20. The maximum absolute atomic E-state index is 12.9. The van der Waals surface area contributed by atoms with E-state index in [1.54, 1.807) is 18.2 Å². The molecule has 0 aliphatic heterocycles. The van der Waals surface area contributed by atoms with E-state index in [0.717, 1.165) is 31.7 Å². The van der Waals surface area contributed by atoms with Gasteiger partial charge in [-0.25, -0.2) is 0 Å². The standard InChI is InChI=1S/C25H31F3N2O3/c1-3-4-5-6-7-8-9-11-20-16-19(21-17-29-30(18-21)25(26,27)28)14-15-22(20)23(31)12-10-13-24(32)33-2/h9,11,14-18H,3-8,10,12-13H2,1-2H3/b11-9+. The number of ether oxygens (including phenoxy) is 1. The summed E-state index contributed by atoms with van der Waals surface area (Å²) in [4.78, 5) is 24.1. The lowest BCUT2D eigenvalue weighted by Crippen LogP contribution is -2.16. The largest absolute Gasteiger partial charge is 0.504 e. The van der Waals surface area contributed by atoms with Gasteiger partial charge in [0.2, 0.25) is 0 Å². The van der Waals surface area contributed by atoms with Crippen LogP contribution in [-0.4, -0.2) is 28.6 Å². The highest BCUT2D eigenvalue weighted by Gasteiger charge is 2.31. The fourth-order valence-corrected chi connectivity index (χ4v) is 3.45. The molecule has 2 aromatic rings. The molecule has 8 heteroatoms. The number of aromatic nitrogens is 2. The summed E-state index contributed by atoms with van der Waals surface area (Å²) in [5.74, 6) is -0.498. The number of benzene rings is 1. The predicted octanol–water partition coefficient (Wildman–Crippen LogP) is 6.93. The number of carbonyl (C=O) groups excluding carboxylic acids is 2.